The molecule has 0 fully saturated rings. The Morgan fingerprint density at radius 3 is 2.67 bits per heavy atom. The molecule has 0 unspecified atom stereocenters. The number of hydrogen-bond donors (Lipinski definition) is 2. The number of nitrogens with zero attached hydrogens (tertiary/aromatic N) is 1. The Morgan fingerprint density at radius 2 is 2.05 bits per heavy atom. The highest BCUT2D eigenvalue weighted by Gasteiger charge is 2.18. The number of halogens is 2. The summed E-state index contributed by atoms with van der Waals surface area (Å²) in [5.41, 5.74) is 0.183. The third kappa shape index (κ3) is 6.29. The van der Waals surface area contributed by atoms with Crippen molar-refractivity contribution in [2.24, 2.45) is 0 Å². The summed E-state index contributed by atoms with van der Waals surface area (Å²) in [5, 5.41) is 3.22. The Kier molecular flexibility index (Phi) is 7.05. The summed E-state index contributed by atoms with van der Waals surface area (Å²) in [6.45, 7) is 5.18. The van der Waals surface area contributed by atoms with Crippen LogP contribution in [-0.2, 0) is 10.2 Å². The standard InChI is InChI=1S/C13H21BrFN3O2S/c1-10(2)16-7-4-8-18(3)21(19,20)17-13-9-11(15)5-6-12(13)14/h5-6,9-10,16-17H,4,7-8H2,1-3H3. The minimum Gasteiger partial charge on any atom is -0.314 e. The molecule has 1 rings (SSSR count). The topological polar surface area (TPSA) is 61.4 Å². The fraction of sp³-hybridized carbons (Fsp3) is 0.538. The molecule has 0 amide bonds. The van der Waals surface area contributed by atoms with Gasteiger partial charge in [-0.3, -0.25) is 4.72 Å². The lowest BCUT2D eigenvalue weighted by Crippen LogP contribution is -2.35. The number of benzene rings is 1. The molecule has 0 radical (unpaired) electrons. The lowest BCUT2D eigenvalue weighted by atomic mass is 10.3. The quantitative estimate of drug-likeness (QED) is 0.680. The highest BCUT2D eigenvalue weighted by atomic mass is 79.9. The second-order valence-corrected chi connectivity index (χ2v) is 7.65. The molecular formula is C13H21BrFN3O2S. The number of hydrogen-bond acceptors (Lipinski definition) is 3. The maximum Gasteiger partial charge on any atom is 0.301 e. The van der Waals surface area contributed by atoms with Crippen LogP contribution in [-0.4, -0.2) is 38.9 Å². The predicted molar refractivity (Wildman–Crippen MR) is 87.0 cm³/mol. The van der Waals surface area contributed by atoms with Crippen molar-refractivity contribution in [3.05, 3.63) is 28.5 Å². The maximum atomic E-state index is 13.2. The second-order valence-electron chi connectivity index (χ2n) is 5.02. The van der Waals surface area contributed by atoms with Gasteiger partial charge in [-0.15, -0.1) is 0 Å². The lowest BCUT2D eigenvalue weighted by molar-refractivity contribution is 0.451. The third-order valence-electron chi connectivity index (χ3n) is 2.78. The Hall–Kier alpha value is -0.700. The average Bonchev–Trinajstić information content (AvgIpc) is 2.38. The van der Waals surface area contributed by atoms with Crippen LogP contribution in [0.2, 0.25) is 0 Å². The summed E-state index contributed by atoms with van der Waals surface area (Å²) < 4.78 is 41.5. The average molecular weight is 382 g/mol. The maximum absolute atomic E-state index is 13.2. The van der Waals surface area contributed by atoms with Crippen molar-refractivity contribution in [3.63, 3.8) is 0 Å². The van der Waals surface area contributed by atoms with E-state index in [-0.39, 0.29) is 5.69 Å². The van der Waals surface area contributed by atoms with Crippen molar-refractivity contribution in [1.29, 1.82) is 0 Å². The number of rotatable bonds is 8. The molecule has 1 aromatic carbocycles. The van der Waals surface area contributed by atoms with Gasteiger partial charge in [0, 0.05) is 24.1 Å². The molecule has 120 valence electrons. The van der Waals surface area contributed by atoms with Gasteiger partial charge in [0.05, 0.1) is 5.69 Å². The first-order valence-corrected chi connectivity index (χ1v) is 8.88. The van der Waals surface area contributed by atoms with Gasteiger partial charge in [0.2, 0.25) is 0 Å². The SMILES string of the molecule is CC(C)NCCCN(C)S(=O)(=O)Nc1cc(F)ccc1Br. The van der Waals surface area contributed by atoms with E-state index in [4.69, 9.17) is 0 Å². The number of nitrogens with one attached hydrogen (secondary N) is 2. The van der Waals surface area contributed by atoms with Gasteiger partial charge >= 0.3 is 10.2 Å². The van der Waals surface area contributed by atoms with Crippen LogP contribution in [0.25, 0.3) is 0 Å². The number of anilines is 1. The fourth-order valence-electron chi connectivity index (χ4n) is 1.61. The monoisotopic (exact) mass is 381 g/mol. The summed E-state index contributed by atoms with van der Waals surface area (Å²) in [7, 11) is -2.20. The van der Waals surface area contributed by atoms with Crippen molar-refractivity contribution in [2.45, 2.75) is 26.3 Å². The van der Waals surface area contributed by atoms with Gasteiger partial charge in [0.15, 0.2) is 0 Å². The van der Waals surface area contributed by atoms with E-state index in [1.54, 1.807) is 0 Å². The van der Waals surface area contributed by atoms with E-state index in [9.17, 15) is 12.8 Å². The van der Waals surface area contributed by atoms with E-state index in [1.165, 1.54) is 23.5 Å². The van der Waals surface area contributed by atoms with Gasteiger partial charge in [-0.25, -0.2) is 4.39 Å². The first-order chi connectivity index (χ1) is 9.72. The van der Waals surface area contributed by atoms with Gasteiger partial charge in [-0.05, 0) is 47.1 Å². The van der Waals surface area contributed by atoms with Gasteiger partial charge in [0.1, 0.15) is 5.82 Å². The van der Waals surface area contributed by atoms with Crippen molar-refractivity contribution >= 4 is 31.8 Å². The van der Waals surface area contributed by atoms with Crippen LogP contribution in [0.3, 0.4) is 0 Å². The molecule has 0 aliphatic carbocycles. The summed E-state index contributed by atoms with van der Waals surface area (Å²) in [4.78, 5) is 0. The summed E-state index contributed by atoms with van der Waals surface area (Å²) in [6.07, 6.45) is 0.694. The van der Waals surface area contributed by atoms with Crippen LogP contribution >= 0.6 is 15.9 Å². The zero-order valence-corrected chi connectivity index (χ0v) is 14.8. The molecule has 0 aliphatic heterocycles. The zero-order chi connectivity index (χ0) is 16.0. The predicted octanol–water partition coefficient (Wildman–Crippen LogP) is 2.56. The largest absolute Gasteiger partial charge is 0.314 e. The fourth-order valence-corrected chi connectivity index (χ4v) is 3.05. The molecule has 0 aliphatic rings. The van der Waals surface area contributed by atoms with E-state index in [2.05, 4.69) is 26.0 Å². The molecule has 0 atom stereocenters. The molecule has 0 heterocycles. The minimum atomic E-state index is -3.69. The summed E-state index contributed by atoms with van der Waals surface area (Å²) in [6, 6.07) is 4.21. The Morgan fingerprint density at radius 1 is 1.38 bits per heavy atom. The first kappa shape index (κ1) is 18.3. The molecule has 1 aromatic rings. The molecule has 2 N–H and O–H groups in total. The van der Waals surface area contributed by atoms with E-state index in [0.717, 1.165) is 12.6 Å². The van der Waals surface area contributed by atoms with E-state index < -0.39 is 16.0 Å². The molecule has 5 nitrogen and oxygen atoms in total. The van der Waals surface area contributed by atoms with Gasteiger partial charge < -0.3 is 5.32 Å². The first-order valence-electron chi connectivity index (χ1n) is 6.65. The summed E-state index contributed by atoms with van der Waals surface area (Å²) in [5.74, 6) is -0.500. The van der Waals surface area contributed by atoms with Gasteiger partial charge in [-0.2, -0.15) is 12.7 Å². The van der Waals surface area contributed by atoms with Gasteiger partial charge in [0.25, 0.3) is 0 Å². The van der Waals surface area contributed by atoms with Crippen LogP contribution < -0.4 is 10.0 Å². The van der Waals surface area contributed by atoms with Crippen LogP contribution in [0, 0.1) is 5.82 Å². The minimum absolute atomic E-state index is 0.183. The molecule has 0 saturated carbocycles. The molecular weight excluding hydrogens is 361 g/mol. The van der Waals surface area contributed by atoms with Crippen LogP contribution in [0.15, 0.2) is 22.7 Å². The lowest BCUT2D eigenvalue weighted by Gasteiger charge is -2.19. The van der Waals surface area contributed by atoms with Crippen molar-refractivity contribution in [1.82, 2.24) is 9.62 Å². The van der Waals surface area contributed by atoms with Crippen molar-refractivity contribution in [3.8, 4) is 0 Å². The van der Waals surface area contributed by atoms with Crippen molar-refractivity contribution in [2.75, 3.05) is 24.9 Å². The molecule has 8 heteroatoms. The highest BCUT2D eigenvalue weighted by Crippen LogP contribution is 2.24. The normalized spacial score (nSPS) is 12.1. The third-order valence-corrected chi connectivity index (χ3v) is 4.95. The molecule has 21 heavy (non-hydrogen) atoms. The molecule has 0 bridgehead atoms. The smallest absolute Gasteiger partial charge is 0.301 e. The van der Waals surface area contributed by atoms with E-state index >= 15 is 0 Å². The molecule has 0 spiro atoms. The van der Waals surface area contributed by atoms with Crippen LogP contribution in [0.5, 0.6) is 0 Å². The van der Waals surface area contributed by atoms with Crippen LogP contribution in [0.1, 0.15) is 20.3 Å². The van der Waals surface area contributed by atoms with E-state index in [0.29, 0.717) is 23.5 Å². The molecule has 0 aromatic heterocycles. The second kappa shape index (κ2) is 8.07. The van der Waals surface area contributed by atoms with Crippen molar-refractivity contribution < 1.29 is 12.8 Å². The Bertz CT molecular complexity index is 567. The Labute approximate surface area is 134 Å². The summed E-state index contributed by atoms with van der Waals surface area (Å²) >= 11 is 3.19. The van der Waals surface area contributed by atoms with E-state index in [1.807, 2.05) is 13.8 Å². The Balaban J connectivity index is 2.61. The zero-order valence-electron chi connectivity index (χ0n) is 12.4. The highest BCUT2D eigenvalue weighted by molar-refractivity contribution is 9.10. The van der Waals surface area contributed by atoms with Crippen LogP contribution in [0.4, 0.5) is 10.1 Å². The van der Waals surface area contributed by atoms with Gasteiger partial charge in [-0.1, -0.05) is 13.8 Å². The molecule has 0 saturated heterocycles.